The van der Waals surface area contributed by atoms with Crippen molar-refractivity contribution in [2.45, 2.75) is 57.4 Å². The van der Waals surface area contributed by atoms with Gasteiger partial charge >= 0.3 is 0 Å². The zero-order valence-electron chi connectivity index (χ0n) is 16.9. The van der Waals surface area contributed by atoms with Gasteiger partial charge in [0, 0.05) is 26.1 Å². The topological polar surface area (TPSA) is 95.6 Å². The largest absolute Gasteiger partial charge is 0.355 e. The number of benzene rings is 1. The Hall–Kier alpha value is -1.93. The number of nitrogens with zero attached hydrogens (tertiary/aromatic N) is 1. The fourth-order valence-corrected chi connectivity index (χ4v) is 4.41. The fourth-order valence-electron chi connectivity index (χ4n) is 3.20. The third-order valence-corrected chi connectivity index (χ3v) is 6.22. The molecule has 1 aliphatic rings. The second kappa shape index (κ2) is 10.0. The van der Waals surface area contributed by atoms with Gasteiger partial charge in [0.2, 0.25) is 21.8 Å². The number of carbonyl (C=O) groups is 2. The smallest absolute Gasteiger partial charge is 0.241 e. The molecule has 0 aromatic heterocycles. The molecule has 8 heteroatoms. The summed E-state index contributed by atoms with van der Waals surface area (Å²) in [6, 6.07) is 5.70. The number of carbonyl (C=O) groups excluding carboxylic acids is 2. The number of amides is 2. The Labute approximate surface area is 167 Å². The van der Waals surface area contributed by atoms with Crippen molar-refractivity contribution in [2.24, 2.45) is 5.92 Å². The maximum absolute atomic E-state index is 12.6. The van der Waals surface area contributed by atoms with Crippen LogP contribution in [0.25, 0.3) is 0 Å². The second-order valence-corrected chi connectivity index (χ2v) is 9.46. The lowest BCUT2D eigenvalue weighted by Crippen LogP contribution is -2.47. The number of aryl methyl sites for hydroxylation is 1. The van der Waals surface area contributed by atoms with Crippen LogP contribution in [0.5, 0.6) is 0 Å². The molecule has 1 unspecified atom stereocenters. The molecule has 2 rings (SSSR count). The molecular weight excluding hydrogens is 378 g/mol. The summed E-state index contributed by atoms with van der Waals surface area (Å²) in [5.41, 5.74) is 0.965. The molecule has 1 aromatic rings. The van der Waals surface area contributed by atoms with E-state index in [1.54, 1.807) is 17.0 Å². The van der Waals surface area contributed by atoms with Crippen molar-refractivity contribution in [1.82, 2.24) is 14.9 Å². The van der Waals surface area contributed by atoms with E-state index in [1.807, 2.05) is 20.8 Å². The normalized spacial score (nSPS) is 15.9. The van der Waals surface area contributed by atoms with Crippen molar-refractivity contribution in [3.63, 3.8) is 0 Å². The monoisotopic (exact) mass is 409 g/mol. The van der Waals surface area contributed by atoms with Gasteiger partial charge in [-0.05, 0) is 44.2 Å². The Morgan fingerprint density at radius 3 is 2.46 bits per heavy atom. The van der Waals surface area contributed by atoms with Crippen molar-refractivity contribution in [3.05, 3.63) is 29.8 Å². The van der Waals surface area contributed by atoms with Crippen molar-refractivity contribution >= 4 is 21.8 Å². The number of sulfonamides is 1. The highest BCUT2D eigenvalue weighted by atomic mass is 32.2. The Balaban J connectivity index is 1.92. The van der Waals surface area contributed by atoms with Gasteiger partial charge in [0.15, 0.2) is 0 Å². The molecule has 1 heterocycles. The summed E-state index contributed by atoms with van der Waals surface area (Å²) < 4.78 is 27.8. The third-order valence-electron chi connectivity index (χ3n) is 4.73. The third kappa shape index (κ3) is 6.60. The summed E-state index contributed by atoms with van der Waals surface area (Å²) in [6.07, 6.45) is 2.55. The van der Waals surface area contributed by atoms with Gasteiger partial charge in [-0.1, -0.05) is 31.5 Å². The van der Waals surface area contributed by atoms with E-state index in [4.69, 9.17) is 0 Å². The molecule has 0 saturated carbocycles. The molecule has 1 aliphatic heterocycles. The number of nitrogens with one attached hydrogen (secondary N) is 2. The molecule has 0 bridgehead atoms. The van der Waals surface area contributed by atoms with Crippen molar-refractivity contribution in [2.75, 3.05) is 19.6 Å². The summed E-state index contributed by atoms with van der Waals surface area (Å²) in [5.74, 6) is -0.0225. The van der Waals surface area contributed by atoms with Gasteiger partial charge < -0.3 is 10.2 Å². The lowest BCUT2D eigenvalue weighted by molar-refractivity contribution is -0.127. The van der Waals surface area contributed by atoms with Crippen LogP contribution >= 0.6 is 0 Å². The first-order valence-electron chi connectivity index (χ1n) is 9.83. The van der Waals surface area contributed by atoms with E-state index in [0.717, 1.165) is 18.5 Å². The first-order chi connectivity index (χ1) is 13.2. The highest BCUT2D eigenvalue weighted by molar-refractivity contribution is 7.89. The summed E-state index contributed by atoms with van der Waals surface area (Å²) in [7, 11) is -3.78. The Kier molecular flexibility index (Phi) is 8.00. The first-order valence-corrected chi connectivity index (χ1v) is 11.3. The molecule has 156 valence electrons. The fraction of sp³-hybridized carbons (Fsp3) is 0.600. The molecule has 0 aliphatic carbocycles. The van der Waals surface area contributed by atoms with E-state index >= 15 is 0 Å². The first kappa shape index (κ1) is 22.4. The van der Waals surface area contributed by atoms with Gasteiger partial charge in [-0.15, -0.1) is 0 Å². The minimum absolute atomic E-state index is 0.146. The minimum atomic E-state index is -3.78. The van der Waals surface area contributed by atoms with Gasteiger partial charge in [-0.2, -0.15) is 4.72 Å². The second-order valence-electron chi connectivity index (χ2n) is 7.75. The number of likely N-dealkylation sites (tertiary alicyclic amines) is 1. The van der Waals surface area contributed by atoms with Crippen LogP contribution < -0.4 is 10.0 Å². The van der Waals surface area contributed by atoms with Crippen LogP contribution in [0.4, 0.5) is 0 Å². The Morgan fingerprint density at radius 2 is 1.89 bits per heavy atom. The molecule has 7 nitrogen and oxygen atoms in total. The molecule has 0 radical (unpaired) electrons. The molecule has 1 fully saturated rings. The molecule has 2 N–H and O–H groups in total. The average Bonchev–Trinajstić information content (AvgIpc) is 3.02. The van der Waals surface area contributed by atoms with E-state index in [-0.39, 0.29) is 22.6 Å². The SMILES string of the molecule is Cc1ccc(S(=O)(=O)NC(CC(C)C)C(=O)NCCCN2CCCC2=O)cc1. The quantitative estimate of drug-likeness (QED) is 0.576. The van der Waals surface area contributed by atoms with E-state index < -0.39 is 16.1 Å². The molecule has 28 heavy (non-hydrogen) atoms. The predicted octanol–water partition coefficient (Wildman–Crippen LogP) is 1.82. The van der Waals surface area contributed by atoms with Crippen LogP contribution in [-0.4, -0.2) is 50.8 Å². The van der Waals surface area contributed by atoms with Gasteiger partial charge in [0.1, 0.15) is 6.04 Å². The highest BCUT2D eigenvalue weighted by Gasteiger charge is 2.26. The van der Waals surface area contributed by atoms with Gasteiger partial charge in [0.25, 0.3) is 0 Å². The van der Waals surface area contributed by atoms with Crippen molar-refractivity contribution < 1.29 is 18.0 Å². The van der Waals surface area contributed by atoms with Gasteiger partial charge in [0.05, 0.1) is 4.90 Å². The Morgan fingerprint density at radius 1 is 1.21 bits per heavy atom. The molecule has 2 amide bonds. The summed E-state index contributed by atoms with van der Waals surface area (Å²) in [6.45, 7) is 7.57. The minimum Gasteiger partial charge on any atom is -0.355 e. The molecule has 1 atom stereocenters. The van der Waals surface area contributed by atoms with E-state index in [2.05, 4.69) is 10.0 Å². The van der Waals surface area contributed by atoms with Gasteiger partial charge in [-0.3, -0.25) is 9.59 Å². The number of rotatable bonds is 10. The molecule has 1 saturated heterocycles. The average molecular weight is 410 g/mol. The molecule has 0 spiro atoms. The lowest BCUT2D eigenvalue weighted by Gasteiger charge is -2.21. The molecule has 1 aromatic carbocycles. The summed E-state index contributed by atoms with van der Waals surface area (Å²) in [4.78, 5) is 26.1. The summed E-state index contributed by atoms with van der Waals surface area (Å²) >= 11 is 0. The maximum atomic E-state index is 12.6. The zero-order chi connectivity index (χ0) is 20.7. The molecular formula is C20H31N3O4S. The van der Waals surface area contributed by atoms with Crippen LogP contribution in [-0.2, 0) is 19.6 Å². The standard InChI is InChI=1S/C20H31N3O4S/c1-15(2)14-18(22-28(26,27)17-9-7-16(3)8-10-17)20(25)21-11-5-13-23-12-4-6-19(23)24/h7-10,15,18,22H,4-6,11-14H2,1-3H3,(H,21,25). The van der Waals surface area contributed by atoms with Crippen LogP contribution in [0.2, 0.25) is 0 Å². The highest BCUT2D eigenvalue weighted by Crippen LogP contribution is 2.14. The maximum Gasteiger partial charge on any atom is 0.241 e. The number of hydrogen-bond acceptors (Lipinski definition) is 4. The predicted molar refractivity (Wildman–Crippen MR) is 108 cm³/mol. The number of hydrogen-bond donors (Lipinski definition) is 2. The Bertz CT molecular complexity index is 775. The van der Waals surface area contributed by atoms with Crippen LogP contribution in [0.15, 0.2) is 29.2 Å². The van der Waals surface area contributed by atoms with Gasteiger partial charge in [-0.25, -0.2) is 8.42 Å². The van der Waals surface area contributed by atoms with E-state index in [0.29, 0.717) is 32.4 Å². The summed E-state index contributed by atoms with van der Waals surface area (Å²) in [5, 5.41) is 2.81. The van der Waals surface area contributed by atoms with Crippen LogP contribution in [0.1, 0.15) is 45.1 Å². The van der Waals surface area contributed by atoms with Crippen LogP contribution in [0, 0.1) is 12.8 Å². The van der Waals surface area contributed by atoms with Crippen molar-refractivity contribution in [1.29, 1.82) is 0 Å². The van der Waals surface area contributed by atoms with Crippen LogP contribution in [0.3, 0.4) is 0 Å². The van der Waals surface area contributed by atoms with E-state index in [1.165, 1.54) is 12.1 Å². The van der Waals surface area contributed by atoms with Crippen molar-refractivity contribution in [3.8, 4) is 0 Å². The zero-order valence-corrected chi connectivity index (χ0v) is 17.7. The van der Waals surface area contributed by atoms with E-state index in [9.17, 15) is 18.0 Å². The lowest BCUT2D eigenvalue weighted by atomic mass is 10.0.